The first kappa shape index (κ1) is 22.7. The number of fused-ring (bicyclic) bond motifs is 1. The van der Waals surface area contributed by atoms with Gasteiger partial charge in [0.1, 0.15) is 28.9 Å². The van der Waals surface area contributed by atoms with E-state index >= 15 is 0 Å². The summed E-state index contributed by atoms with van der Waals surface area (Å²) in [6.45, 7) is 4.49. The molecule has 1 aliphatic rings. The van der Waals surface area contributed by atoms with Gasteiger partial charge in [0.25, 0.3) is 0 Å². The minimum atomic E-state index is -0.513. The van der Waals surface area contributed by atoms with Gasteiger partial charge in [0.05, 0.1) is 12.5 Å². The molecule has 0 saturated heterocycles. The summed E-state index contributed by atoms with van der Waals surface area (Å²) < 4.78 is 16.7. The number of allylic oxidation sites excluding steroid dienone is 1. The van der Waals surface area contributed by atoms with Crippen molar-refractivity contribution in [2.45, 2.75) is 19.8 Å². The van der Waals surface area contributed by atoms with E-state index in [0.717, 1.165) is 28.0 Å². The molecule has 1 atom stereocenters. The average molecular weight is 453 g/mol. The van der Waals surface area contributed by atoms with Gasteiger partial charge in [-0.05, 0) is 49.2 Å². The maximum Gasteiger partial charge on any atom is 0.336 e. The molecule has 0 saturated carbocycles. The third-order valence-corrected chi connectivity index (χ3v) is 5.42. The number of carbonyl (C=O) groups excluding carboxylic acids is 1. The standard InChI is InChI=1S/C28H24N2O4/c1-3-32-21-11-9-20(10-12-21)27-23-14-13-22(16-25(23)34-28(30)24(27)17-29)33-26(31)15-8-19-6-4-18(2)5-7-19/h4-16,27H,3,30H2,1-2H3/b15-8+. The number of ether oxygens (including phenoxy) is 3. The highest BCUT2D eigenvalue weighted by Crippen LogP contribution is 2.43. The van der Waals surface area contributed by atoms with Crippen LogP contribution in [-0.2, 0) is 4.79 Å². The highest BCUT2D eigenvalue weighted by atomic mass is 16.5. The van der Waals surface area contributed by atoms with Gasteiger partial charge in [-0.3, -0.25) is 0 Å². The van der Waals surface area contributed by atoms with Crippen molar-refractivity contribution < 1.29 is 19.0 Å². The quantitative estimate of drug-likeness (QED) is 0.313. The monoisotopic (exact) mass is 452 g/mol. The molecule has 3 aromatic carbocycles. The predicted molar refractivity (Wildman–Crippen MR) is 129 cm³/mol. The van der Waals surface area contributed by atoms with Crippen LogP contribution in [-0.4, -0.2) is 12.6 Å². The minimum absolute atomic E-state index is 0.0247. The van der Waals surface area contributed by atoms with Gasteiger partial charge < -0.3 is 19.9 Å². The second-order valence-corrected chi connectivity index (χ2v) is 7.79. The molecule has 6 nitrogen and oxygen atoms in total. The molecule has 2 N–H and O–H groups in total. The Morgan fingerprint density at radius 1 is 1.09 bits per heavy atom. The van der Waals surface area contributed by atoms with Gasteiger partial charge in [-0.1, -0.05) is 48.0 Å². The van der Waals surface area contributed by atoms with E-state index in [0.29, 0.717) is 23.7 Å². The average Bonchev–Trinajstić information content (AvgIpc) is 2.83. The van der Waals surface area contributed by atoms with E-state index < -0.39 is 11.9 Å². The molecule has 1 unspecified atom stereocenters. The van der Waals surface area contributed by atoms with Gasteiger partial charge in [0.2, 0.25) is 5.88 Å². The Bertz CT molecular complexity index is 1300. The molecule has 0 bridgehead atoms. The molecule has 0 aliphatic carbocycles. The van der Waals surface area contributed by atoms with Crippen LogP contribution in [0.4, 0.5) is 0 Å². The second kappa shape index (κ2) is 9.97. The molecular formula is C28H24N2O4. The fourth-order valence-electron chi connectivity index (χ4n) is 3.76. The SMILES string of the molecule is CCOc1ccc(C2C(C#N)=C(N)Oc3cc(OC(=O)/C=C/c4ccc(C)cc4)ccc32)cc1. The second-order valence-electron chi connectivity index (χ2n) is 7.79. The molecule has 1 aliphatic heterocycles. The number of nitriles is 1. The number of benzene rings is 3. The predicted octanol–water partition coefficient (Wildman–Crippen LogP) is 5.23. The van der Waals surface area contributed by atoms with E-state index in [9.17, 15) is 10.1 Å². The van der Waals surface area contributed by atoms with E-state index in [-0.39, 0.29) is 5.88 Å². The highest BCUT2D eigenvalue weighted by molar-refractivity contribution is 5.88. The zero-order valence-electron chi connectivity index (χ0n) is 18.9. The summed E-state index contributed by atoms with van der Waals surface area (Å²) in [6.07, 6.45) is 3.06. The van der Waals surface area contributed by atoms with E-state index in [4.69, 9.17) is 19.9 Å². The fourth-order valence-corrected chi connectivity index (χ4v) is 3.76. The maximum atomic E-state index is 12.3. The molecule has 0 amide bonds. The lowest BCUT2D eigenvalue weighted by molar-refractivity contribution is -0.128. The summed E-state index contributed by atoms with van der Waals surface area (Å²) in [7, 11) is 0. The molecule has 3 aromatic rings. The third-order valence-electron chi connectivity index (χ3n) is 5.42. The molecule has 4 rings (SSSR count). The van der Waals surface area contributed by atoms with Gasteiger partial charge in [-0.15, -0.1) is 0 Å². The first-order valence-electron chi connectivity index (χ1n) is 10.9. The zero-order valence-corrected chi connectivity index (χ0v) is 18.9. The van der Waals surface area contributed by atoms with Crippen LogP contribution < -0.4 is 19.9 Å². The van der Waals surface area contributed by atoms with Crippen molar-refractivity contribution in [3.05, 3.63) is 107 Å². The Hall–Kier alpha value is -4.50. The topological polar surface area (TPSA) is 94.6 Å². The van der Waals surface area contributed by atoms with Crippen LogP contribution in [0.15, 0.2) is 84.3 Å². The summed E-state index contributed by atoms with van der Waals surface area (Å²) in [5.41, 5.74) is 10.1. The van der Waals surface area contributed by atoms with E-state index in [1.165, 1.54) is 6.08 Å². The van der Waals surface area contributed by atoms with Crippen molar-refractivity contribution >= 4 is 12.0 Å². The van der Waals surface area contributed by atoms with Gasteiger partial charge >= 0.3 is 5.97 Å². The van der Waals surface area contributed by atoms with Crippen molar-refractivity contribution in [3.8, 4) is 23.3 Å². The van der Waals surface area contributed by atoms with Crippen LogP contribution in [0.25, 0.3) is 6.08 Å². The largest absolute Gasteiger partial charge is 0.494 e. The van der Waals surface area contributed by atoms with Crippen LogP contribution in [0.1, 0.15) is 35.1 Å². The lowest BCUT2D eigenvalue weighted by Crippen LogP contribution is -2.21. The molecule has 0 spiro atoms. The Morgan fingerprint density at radius 2 is 1.79 bits per heavy atom. The Labute approximate surface area is 198 Å². The molecule has 34 heavy (non-hydrogen) atoms. The molecular weight excluding hydrogens is 428 g/mol. The van der Waals surface area contributed by atoms with Crippen molar-refractivity contribution in [2.75, 3.05) is 6.61 Å². The molecule has 6 heteroatoms. The van der Waals surface area contributed by atoms with Crippen molar-refractivity contribution in [1.82, 2.24) is 0 Å². The van der Waals surface area contributed by atoms with Crippen LogP contribution in [0.5, 0.6) is 17.2 Å². The third kappa shape index (κ3) is 4.94. The number of nitrogens with two attached hydrogens (primary N) is 1. The summed E-state index contributed by atoms with van der Waals surface area (Å²) in [5, 5.41) is 9.73. The fraction of sp³-hybridized carbons (Fsp3) is 0.143. The molecule has 170 valence electrons. The normalized spacial score (nSPS) is 14.8. The number of nitrogens with zero attached hydrogens (tertiary/aromatic N) is 1. The van der Waals surface area contributed by atoms with E-state index in [1.54, 1.807) is 24.3 Å². The summed E-state index contributed by atoms with van der Waals surface area (Å²) >= 11 is 0. The minimum Gasteiger partial charge on any atom is -0.494 e. The summed E-state index contributed by atoms with van der Waals surface area (Å²) in [4.78, 5) is 12.3. The van der Waals surface area contributed by atoms with E-state index in [1.807, 2.05) is 62.4 Å². The lowest BCUT2D eigenvalue weighted by Gasteiger charge is -2.26. The maximum absolute atomic E-state index is 12.3. The smallest absolute Gasteiger partial charge is 0.336 e. The first-order chi connectivity index (χ1) is 16.5. The van der Waals surface area contributed by atoms with Crippen LogP contribution in [0, 0.1) is 18.3 Å². The van der Waals surface area contributed by atoms with Gasteiger partial charge in [-0.25, -0.2) is 4.79 Å². The Balaban J connectivity index is 1.57. The number of aryl methyl sites for hydroxylation is 1. The highest BCUT2D eigenvalue weighted by Gasteiger charge is 2.31. The zero-order chi connectivity index (χ0) is 24.1. The van der Waals surface area contributed by atoms with Crippen LogP contribution >= 0.6 is 0 Å². The molecule has 0 radical (unpaired) electrons. The molecule has 0 aromatic heterocycles. The van der Waals surface area contributed by atoms with Crippen LogP contribution in [0.3, 0.4) is 0 Å². The van der Waals surface area contributed by atoms with Crippen LogP contribution in [0.2, 0.25) is 0 Å². The van der Waals surface area contributed by atoms with Gasteiger partial charge in [0, 0.05) is 17.7 Å². The number of rotatable bonds is 6. The van der Waals surface area contributed by atoms with Gasteiger partial charge in [0.15, 0.2) is 0 Å². The Morgan fingerprint density at radius 3 is 2.47 bits per heavy atom. The first-order valence-corrected chi connectivity index (χ1v) is 10.9. The molecule has 0 fully saturated rings. The Kier molecular flexibility index (Phi) is 6.65. The van der Waals surface area contributed by atoms with Crippen molar-refractivity contribution in [1.29, 1.82) is 5.26 Å². The summed E-state index contributed by atoms with van der Waals surface area (Å²) in [6, 6.07) is 22.6. The van der Waals surface area contributed by atoms with Crippen molar-refractivity contribution in [2.24, 2.45) is 5.73 Å². The molecule has 1 heterocycles. The number of esters is 1. The van der Waals surface area contributed by atoms with Gasteiger partial charge in [-0.2, -0.15) is 5.26 Å². The lowest BCUT2D eigenvalue weighted by atomic mass is 9.83. The number of hydrogen-bond acceptors (Lipinski definition) is 6. The number of hydrogen-bond donors (Lipinski definition) is 1. The number of carbonyl (C=O) groups is 1. The summed E-state index contributed by atoms with van der Waals surface area (Å²) in [5.74, 6) is 0.599. The van der Waals surface area contributed by atoms with Crippen molar-refractivity contribution in [3.63, 3.8) is 0 Å². The van der Waals surface area contributed by atoms with E-state index in [2.05, 4.69) is 6.07 Å².